The number of nitrogens with one attached hydrogen (secondary N) is 1. The van der Waals surface area contributed by atoms with Crippen molar-refractivity contribution in [3.63, 3.8) is 0 Å². The monoisotopic (exact) mass is 247 g/mol. The van der Waals surface area contributed by atoms with E-state index >= 15 is 0 Å². The first kappa shape index (κ1) is 12.8. The number of benzene rings is 1. The average Bonchev–Trinajstić information content (AvgIpc) is 2.77. The zero-order valence-corrected chi connectivity index (χ0v) is 10.6. The second kappa shape index (κ2) is 6.31. The number of nitrogens with zero attached hydrogens (tertiary/aromatic N) is 2. The zero-order valence-electron chi connectivity index (χ0n) is 10.6. The van der Waals surface area contributed by atoms with Gasteiger partial charge in [0.05, 0.1) is 6.20 Å². The molecule has 0 spiro atoms. The molecule has 4 heteroatoms. The molecule has 0 aliphatic carbocycles. The van der Waals surface area contributed by atoms with E-state index in [2.05, 4.69) is 10.4 Å². The van der Waals surface area contributed by atoms with Gasteiger partial charge in [0.2, 0.25) is 0 Å². The van der Waals surface area contributed by atoms with Gasteiger partial charge in [-0.1, -0.05) is 12.1 Å². The first-order chi connectivity index (χ1) is 8.74. The summed E-state index contributed by atoms with van der Waals surface area (Å²) >= 11 is 0. The Morgan fingerprint density at radius 1 is 1.11 bits per heavy atom. The predicted molar refractivity (Wildman–Crippen MR) is 69.9 cm³/mol. The maximum absolute atomic E-state index is 12.7. The quantitative estimate of drug-likeness (QED) is 0.791. The normalized spacial score (nSPS) is 10.8. The summed E-state index contributed by atoms with van der Waals surface area (Å²) in [5.41, 5.74) is 2.40. The fraction of sp³-hybridized carbons (Fsp3) is 0.357. The second-order valence-electron chi connectivity index (χ2n) is 4.40. The molecule has 2 aromatic rings. The number of rotatable bonds is 6. The van der Waals surface area contributed by atoms with Crippen molar-refractivity contribution in [2.75, 3.05) is 13.1 Å². The molecule has 0 aliphatic heterocycles. The van der Waals surface area contributed by atoms with E-state index in [4.69, 9.17) is 0 Å². The Kier molecular flexibility index (Phi) is 4.47. The van der Waals surface area contributed by atoms with Crippen LogP contribution in [0.15, 0.2) is 36.7 Å². The van der Waals surface area contributed by atoms with Crippen molar-refractivity contribution in [2.45, 2.75) is 12.8 Å². The fourth-order valence-corrected chi connectivity index (χ4v) is 1.84. The highest BCUT2D eigenvalue weighted by molar-refractivity contribution is 5.16. The van der Waals surface area contributed by atoms with Gasteiger partial charge in [0, 0.05) is 13.2 Å². The van der Waals surface area contributed by atoms with Crippen molar-refractivity contribution >= 4 is 0 Å². The topological polar surface area (TPSA) is 29.9 Å². The Balaban J connectivity index is 1.63. The predicted octanol–water partition coefficient (Wildman–Crippen LogP) is 1.93. The molecule has 0 fully saturated rings. The Morgan fingerprint density at radius 3 is 2.39 bits per heavy atom. The van der Waals surface area contributed by atoms with E-state index in [1.54, 1.807) is 0 Å². The van der Waals surface area contributed by atoms with E-state index in [-0.39, 0.29) is 5.82 Å². The Morgan fingerprint density at radius 2 is 1.78 bits per heavy atom. The van der Waals surface area contributed by atoms with Crippen LogP contribution in [0.4, 0.5) is 4.39 Å². The third kappa shape index (κ3) is 3.96. The van der Waals surface area contributed by atoms with Crippen LogP contribution in [0.2, 0.25) is 0 Å². The van der Waals surface area contributed by atoms with Crippen LogP contribution in [-0.2, 0) is 19.9 Å². The third-order valence-electron chi connectivity index (χ3n) is 2.85. The molecule has 3 nitrogen and oxygen atoms in total. The lowest BCUT2D eigenvalue weighted by molar-refractivity contribution is 0.626. The lowest BCUT2D eigenvalue weighted by Gasteiger charge is -2.04. The van der Waals surface area contributed by atoms with Gasteiger partial charge in [-0.15, -0.1) is 0 Å². The van der Waals surface area contributed by atoms with E-state index in [9.17, 15) is 4.39 Å². The number of aryl methyl sites for hydroxylation is 1. The summed E-state index contributed by atoms with van der Waals surface area (Å²) in [6.45, 7) is 1.85. The molecule has 0 saturated heterocycles. The molecule has 0 radical (unpaired) electrons. The lowest BCUT2D eigenvalue weighted by Crippen LogP contribution is -2.20. The molecule has 1 aromatic carbocycles. The van der Waals surface area contributed by atoms with Crippen LogP contribution in [0.5, 0.6) is 0 Å². The molecule has 1 aromatic heterocycles. The molecule has 0 amide bonds. The van der Waals surface area contributed by atoms with Gasteiger partial charge in [-0.05, 0) is 49.2 Å². The van der Waals surface area contributed by atoms with E-state index in [0.29, 0.717) is 0 Å². The minimum atomic E-state index is -0.178. The molecule has 0 atom stereocenters. The van der Waals surface area contributed by atoms with Crippen molar-refractivity contribution in [2.24, 2.45) is 7.05 Å². The van der Waals surface area contributed by atoms with Crippen LogP contribution in [0, 0.1) is 5.82 Å². The molecule has 0 saturated carbocycles. The minimum absolute atomic E-state index is 0.178. The summed E-state index contributed by atoms with van der Waals surface area (Å²) in [6.07, 6.45) is 5.83. The summed E-state index contributed by atoms with van der Waals surface area (Å²) in [5.74, 6) is -0.178. The highest BCUT2D eigenvalue weighted by Gasteiger charge is 1.97. The van der Waals surface area contributed by atoms with Crippen molar-refractivity contribution < 1.29 is 4.39 Å². The van der Waals surface area contributed by atoms with Crippen molar-refractivity contribution in [1.29, 1.82) is 0 Å². The van der Waals surface area contributed by atoms with Crippen LogP contribution in [-0.4, -0.2) is 22.9 Å². The van der Waals surface area contributed by atoms with Crippen molar-refractivity contribution in [1.82, 2.24) is 15.1 Å². The van der Waals surface area contributed by atoms with E-state index in [1.807, 2.05) is 36.3 Å². The van der Waals surface area contributed by atoms with Crippen molar-refractivity contribution in [3.8, 4) is 0 Å². The minimum Gasteiger partial charge on any atom is -0.316 e. The summed E-state index contributed by atoms with van der Waals surface area (Å²) in [4.78, 5) is 0. The van der Waals surface area contributed by atoms with Crippen LogP contribution >= 0.6 is 0 Å². The smallest absolute Gasteiger partial charge is 0.123 e. The van der Waals surface area contributed by atoms with Gasteiger partial charge >= 0.3 is 0 Å². The first-order valence-corrected chi connectivity index (χ1v) is 6.17. The maximum Gasteiger partial charge on any atom is 0.123 e. The molecule has 1 heterocycles. The van der Waals surface area contributed by atoms with Crippen LogP contribution in [0.25, 0.3) is 0 Å². The Labute approximate surface area is 107 Å². The fourth-order valence-electron chi connectivity index (χ4n) is 1.84. The average molecular weight is 247 g/mol. The second-order valence-corrected chi connectivity index (χ2v) is 4.40. The number of aromatic nitrogens is 2. The third-order valence-corrected chi connectivity index (χ3v) is 2.85. The van der Waals surface area contributed by atoms with E-state index in [0.717, 1.165) is 31.5 Å². The molecule has 0 unspecified atom stereocenters. The summed E-state index contributed by atoms with van der Waals surface area (Å²) in [5, 5.41) is 7.50. The molecule has 0 aliphatic rings. The van der Waals surface area contributed by atoms with Crippen LogP contribution in [0.3, 0.4) is 0 Å². The molecule has 96 valence electrons. The van der Waals surface area contributed by atoms with Gasteiger partial charge < -0.3 is 5.32 Å². The van der Waals surface area contributed by atoms with Gasteiger partial charge in [0.1, 0.15) is 5.82 Å². The Hall–Kier alpha value is -1.68. The van der Waals surface area contributed by atoms with Crippen LogP contribution < -0.4 is 5.32 Å². The van der Waals surface area contributed by atoms with E-state index in [1.165, 1.54) is 17.7 Å². The molecule has 18 heavy (non-hydrogen) atoms. The highest BCUT2D eigenvalue weighted by Crippen LogP contribution is 2.02. The van der Waals surface area contributed by atoms with Gasteiger partial charge in [0.25, 0.3) is 0 Å². The lowest BCUT2D eigenvalue weighted by atomic mass is 10.1. The molecular formula is C14H18FN3. The number of halogens is 1. The van der Waals surface area contributed by atoms with Gasteiger partial charge in [-0.25, -0.2) is 4.39 Å². The number of hydrogen-bond donors (Lipinski definition) is 1. The summed E-state index contributed by atoms with van der Waals surface area (Å²) in [6, 6.07) is 6.67. The SMILES string of the molecule is Cn1cc(CCNCCc2ccc(F)cc2)cn1. The van der Waals surface area contributed by atoms with Gasteiger partial charge in [0.15, 0.2) is 0 Å². The molecule has 1 N–H and O–H groups in total. The molecular weight excluding hydrogens is 229 g/mol. The standard InChI is InChI=1S/C14H18FN3/c1-18-11-13(10-17-18)7-9-16-8-6-12-2-4-14(15)5-3-12/h2-5,10-11,16H,6-9H2,1H3. The highest BCUT2D eigenvalue weighted by atomic mass is 19.1. The molecule has 0 bridgehead atoms. The van der Waals surface area contributed by atoms with Gasteiger partial charge in [-0.2, -0.15) is 5.10 Å². The van der Waals surface area contributed by atoms with Gasteiger partial charge in [-0.3, -0.25) is 4.68 Å². The summed E-state index contributed by atoms with van der Waals surface area (Å²) < 4.78 is 14.5. The van der Waals surface area contributed by atoms with E-state index < -0.39 is 0 Å². The van der Waals surface area contributed by atoms with Crippen LogP contribution in [0.1, 0.15) is 11.1 Å². The Bertz CT molecular complexity index is 476. The first-order valence-electron chi connectivity index (χ1n) is 6.17. The van der Waals surface area contributed by atoms with Crippen molar-refractivity contribution in [3.05, 3.63) is 53.6 Å². The summed E-state index contributed by atoms with van der Waals surface area (Å²) in [7, 11) is 1.92. The largest absolute Gasteiger partial charge is 0.316 e. The number of hydrogen-bond acceptors (Lipinski definition) is 2. The molecule has 2 rings (SSSR count). The zero-order chi connectivity index (χ0) is 12.8. The maximum atomic E-state index is 12.7.